The Kier molecular flexibility index (Phi) is 5.30. The summed E-state index contributed by atoms with van der Waals surface area (Å²) in [7, 11) is -3.71. The van der Waals surface area contributed by atoms with Crippen LogP contribution in [0.1, 0.15) is 36.5 Å². The van der Waals surface area contributed by atoms with Crippen LogP contribution >= 0.6 is 0 Å². The number of nitrogens with one attached hydrogen (secondary N) is 1. The molecule has 0 aliphatic heterocycles. The molecule has 0 amide bonds. The first-order chi connectivity index (χ1) is 9.17. The van der Waals surface area contributed by atoms with Crippen LogP contribution in [0.25, 0.3) is 0 Å². The molecule has 2 N–H and O–H groups in total. The van der Waals surface area contributed by atoms with Crippen LogP contribution in [0.5, 0.6) is 0 Å². The van der Waals surface area contributed by atoms with Crippen LogP contribution < -0.4 is 4.72 Å². The normalized spacial score (nSPS) is 13.2. The highest BCUT2D eigenvalue weighted by Crippen LogP contribution is 2.22. The third-order valence-corrected chi connectivity index (χ3v) is 4.93. The summed E-state index contributed by atoms with van der Waals surface area (Å²) >= 11 is 0. The van der Waals surface area contributed by atoms with Gasteiger partial charge in [-0.1, -0.05) is 24.6 Å². The van der Waals surface area contributed by atoms with Crippen molar-refractivity contribution in [3.63, 3.8) is 0 Å². The van der Waals surface area contributed by atoms with E-state index in [4.69, 9.17) is 5.11 Å². The van der Waals surface area contributed by atoms with Crippen molar-refractivity contribution in [2.75, 3.05) is 0 Å². The number of benzene rings is 1. The van der Waals surface area contributed by atoms with E-state index in [1.807, 2.05) is 6.92 Å². The van der Waals surface area contributed by atoms with Gasteiger partial charge in [0.15, 0.2) is 0 Å². The van der Waals surface area contributed by atoms with Crippen molar-refractivity contribution in [3.05, 3.63) is 28.8 Å². The zero-order chi connectivity index (χ0) is 15.5. The molecule has 0 fully saturated rings. The van der Waals surface area contributed by atoms with Gasteiger partial charge in [-0.15, -0.1) is 0 Å². The lowest BCUT2D eigenvalue weighted by Crippen LogP contribution is -2.36. The van der Waals surface area contributed by atoms with Crippen molar-refractivity contribution in [3.8, 4) is 0 Å². The lowest BCUT2D eigenvalue weighted by molar-refractivity contribution is -0.137. The average molecular weight is 299 g/mol. The Hall–Kier alpha value is -1.40. The van der Waals surface area contributed by atoms with Crippen LogP contribution in [0.3, 0.4) is 0 Å². The number of sulfonamides is 1. The summed E-state index contributed by atoms with van der Waals surface area (Å²) in [6, 6.07) is 3.01. The van der Waals surface area contributed by atoms with Crippen molar-refractivity contribution < 1.29 is 18.3 Å². The maximum absolute atomic E-state index is 12.4. The van der Waals surface area contributed by atoms with E-state index < -0.39 is 22.0 Å². The maximum Gasteiger partial charge on any atom is 0.304 e. The predicted molar refractivity (Wildman–Crippen MR) is 77.3 cm³/mol. The van der Waals surface area contributed by atoms with Crippen molar-refractivity contribution in [2.24, 2.45) is 0 Å². The van der Waals surface area contributed by atoms with Crippen molar-refractivity contribution in [1.82, 2.24) is 4.72 Å². The highest BCUT2D eigenvalue weighted by Gasteiger charge is 2.24. The second-order valence-corrected chi connectivity index (χ2v) is 6.70. The maximum atomic E-state index is 12.4. The van der Waals surface area contributed by atoms with Crippen LogP contribution in [0.2, 0.25) is 0 Å². The molecule has 0 spiro atoms. The first kappa shape index (κ1) is 16.7. The Morgan fingerprint density at radius 3 is 2.15 bits per heavy atom. The van der Waals surface area contributed by atoms with E-state index in [2.05, 4.69) is 4.72 Å². The van der Waals surface area contributed by atoms with E-state index in [-0.39, 0.29) is 11.3 Å². The Morgan fingerprint density at radius 2 is 1.75 bits per heavy atom. The molecular weight excluding hydrogens is 278 g/mol. The smallest absolute Gasteiger partial charge is 0.304 e. The highest BCUT2D eigenvalue weighted by molar-refractivity contribution is 7.89. The second-order valence-electron chi connectivity index (χ2n) is 5.05. The zero-order valence-corrected chi connectivity index (χ0v) is 13.0. The fraction of sp³-hybridized carbons (Fsp3) is 0.500. The molecule has 0 aliphatic carbocycles. The van der Waals surface area contributed by atoms with Crippen LogP contribution in [0.4, 0.5) is 0 Å². The molecule has 1 rings (SSSR count). The van der Waals surface area contributed by atoms with Gasteiger partial charge in [-0.2, -0.15) is 0 Å². The number of hydrogen-bond acceptors (Lipinski definition) is 3. The Labute approximate surface area is 120 Å². The van der Waals surface area contributed by atoms with Gasteiger partial charge < -0.3 is 5.11 Å². The molecule has 0 radical (unpaired) electrons. The first-order valence-electron chi connectivity index (χ1n) is 6.49. The summed E-state index contributed by atoms with van der Waals surface area (Å²) in [6.45, 7) is 7.15. The number of aliphatic carboxylic acids is 1. The molecule has 0 aliphatic rings. The number of carboxylic acids is 1. The molecular formula is C14H21NO4S. The Balaban J connectivity index is 3.14. The molecule has 112 valence electrons. The van der Waals surface area contributed by atoms with Gasteiger partial charge in [0.1, 0.15) is 0 Å². The predicted octanol–water partition coefficient (Wildman–Crippen LogP) is 2.14. The third-order valence-electron chi connectivity index (χ3n) is 3.11. The summed E-state index contributed by atoms with van der Waals surface area (Å²) in [5.41, 5.74) is 2.33. The van der Waals surface area contributed by atoms with E-state index in [0.29, 0.717) is 17.5 Å². The van der Waals surface area contributed by atoms with E-state index in [1.54, 1.807) is 32.9 Å². The first-order valence-corrected chi connectivity index (χ1v) is 7.97. The Morgan fingerprint density at radius 1 is 1.25 bits per heavy atom. The van der Waals surface area contributed by atoms with Gasteiger partial charge in [0.2, 0.25) is 10.0 Å². The summed E-state index contributed by atoms with van der Waals surface area (Å²) in [5, 5.41) is 8.79. The molecule has 0 aromatic heterocycles. The highest BCUT2D eigenvalue weighted by atomic mass is 32.2. The minimum Gasteiger partial charge on any atom is -0.481 e. The summed E-state index contributed by atoms with van der Waals surface area (Å²) in [6.07, 6.45) is 0.204. The number of hydrogen-bond donors (Lipinski definition) is 2. The lowest BCUT2D eigenvalue weighted by atomic mass is 10.1. The molecule has 0 saturated heterocycles. The van der Waals surface area contributed by atoms with Gasteiger partial charge in [0.05, 0.1) is 11.3 Å². The molecule has 1 aromatic rings. The zero-order valence-electron chi connectivity index (χ0n) is 12.2. The minimum atomic E-state index is -3.71. The molecule has 1 atom stereocenters. The SMILES string of the molecule is CCC(CC(=O)O)NS(=O)(=O)c1c(C)cc(C)cc1C. The van der Waals surface area contributed by atoms with Crippen molar-refractivity contribution >= 4 is 16.0 Å². The van der Waals surface area contributed by atoms with Crippen LogP contribution in [-0.2, 0) is 14.8 Å². The van der Waals surface area contributed by atoms with Gasteiger partial charge in [-0.05, 0) is 38.3 Å². The van der Waals surface area contributed by atoms with Crippen LogP contribution in [-0.4, -0.2) is 25.5 Å². The van der Waals surface area contributed by atoms with E-state index in [0.717, 1.165) is 5.56 Å². The van der Waals surface area contributed by atoms with Gasteiger partial charge in [0.25, 0.3) is 0 Å². The fourth-order valence-electron chi connectivity index (χ4n) is 2.35. The number of rotatable bonds is 6. The molecule has 1 aromatic carbocycles. The largest absolute Gasteiger partial charge is 0.481 e. The summed E-state index contributed by atoms with van der Waals surface area (Å²) in [4.78, 5) is 11.0. The summed E-state index contributed by atoms with van der Waals surface area (Å²) in [5.74, 6) is -1.02. The fourth-order valence-corrected chi connectivity index (χ4v) is 4.12. The van der Waals surface area contributed by atoms with E-state index in [1.165, 1.54) is 0 Å². The van der Waals surface area contributed by atoms with Gasteiger partial charge in [-0.25, -0.2) is 13.1 Å². The molecule has 0 bridgehead atoms. The number of carbonyl (C=O) groups is 1. The van der Waals surface area contributed by atoms with Crippen LogP contribution in [0.15, 0.2) is 17.0 Å². The topological polar surface area (TPSA) is 83.5 Å². The van der Waals surface area contributed by atoms with E-state index in [9.17, 15) is 13.2 Å². The monoisotopic (exact) mass is 299 g/mol. The van der Waals surface area contributed by atoms with Crippen molar-refractivity contribution in [2.45, 2.75) is 51.5 Å². The third kappa shape index (κ3) is 4.05. The standard InChI is InChI=1S/C14H21NO4S/c1-5-12(8-13(16)17)15-20(18,19)14-10(3)6-9(2)7-11(14)4/h6-7,12,15H,5,8H2,1-4H3,(H,16,17). The quantitative estimate of drug-likeness (QED) is 0.843. The Bertz CT molecular complexity index is 585. The number of aryl methyl sites for hydroxylation is 3. The summed E-state index contributed by atoms with van der Waals surface area (Å²) < 4.78 is 27.3. The minimum absolute atomic E-state index is 0.223. The molecule has 1 unspecified atom stereocenters. The molecule has 6 heteroatoms. The second kappa shape index (κ2) is 6.37. The average Bonchev–Trinajstić information content (AvgIpc) is 2.24. The van der Waals surface area contributed by atoms with E-state index >= 15 is 0 Å². The van der Waals surface area contributed by atoms with Gasteiger partial charge in [0, 0.05) is 6.04 Å². The molecule has 20 heavy (non-hydrogen) atoms. The molecule has 5 nitrogen and oxygen atoms in total. The number of carboxylic acid groups (broad SMARTS) is 1. The van der Waals surface area contributed by atoms with Crippen molar-refractivity contribution in [1.29, 1.82) is 0 Å². The van der Waals surface area contributed by atoms with Crippen LogP contribution in [0, 0.1) is 20.8 Å². The lowest BCUT2D eigenvalue weighted by Gasteiger charge is -2.18. The molecule has 0 saturated carbocycles. The molecule has 0 heterocycles. The van der Waals surface area contributed by atoms with Gasteiger partial charge in [-0.3, -0.25) is 4.79 Å². The van der Waals surface area contributed by atoms with Gasteiger partial charge >= 0.3 is 5.97 Å².